The minimum absolute atomic E-state index is 0.561. The number of nitrogens with two attached hydrogens (primary N) is 1. The lowest BCUT2D eigenvalue weighted by Gasteiger charge is -2.26. The molecule has 0 saturated heterocycles. The average Bonchev–Trinajstić information content (AvgIpc) is 2.52. The maximum Gasteiger partial charge on any atom is 0.0602 e. The number of nitrogens with zero attached hydrogens (tertiary/aromatic N) is 2. The van der Waals surface area contributed by atoms with E-state index in [9.17, 15) is 0 Å². The second kappa shape index (κ2) is 7.31. The van der Waals surface area contributed by atoms with E-state index in [-0.39, 0.29) is 0 Å². The first-order valence-corrected chi connectivity index (χ1v) is 8.03. The fourth-order valence-electron chi connectivity index (χ4n) is 2.30. The van der Waals surface area contributed by atoms with Crippen molar-refractivity contribution in [2.75, 3.05) is 17.7 Å². The van der Waals surface area contributed by atoms with Gasteiger partial charge in [-0.25, -0.2) is 0 Å². The minimum atomic E-state index is 0.561. The van der Waals surface area contributed by atoms with Crippen LogP contribution in [0.5, 0.6) is 0 Å². The van der Waals surface area contributed by atoms with Gasteiger partial charge in [0, 0.05) is 35.4 Å². The zero-order valence-electron chi connectivity index (χ0n) is 12.0. The molecular formula is C16H21N3S. The van der Waals surface area contributed by atoms with Crippen LogP contribution in [-0.2, 0) is 13.1 Å². The van der Waals surface area contributed by atoms with E-state index in [4.69, 9.17) is 5.73 Å². The van der Waals surface area contributed by atoms with Crippen LogP contribution in [-0.4, -0.2) is 17.8 Å². The van der Waals surface area contributed by atoms with Gasteiger partial charge in [0.2, 0.25) is 0 Å². The number of pyridine rings is 1. The Bertz CT molecular complexity index is 543. The molecule has 3 nitrogen and oxygen atoms in total. The summed E-state index contributed by atoms with van der Waals surface area (Å²) in [6.45, 7) is 4.46. The predicted molar refractivity (Wildman–Crippen MR) is 87.1 cm³/mol. The molecule has 0 radical (unpaired) electrons. The molecule has 0 saturated carbocycles. The Labute approximate surface area is 125 Å². The molecule has 0 amide bonds. The van der Waals surface area contributed by atoms with Crippen molar-refractivity contribution in [3.63, 3.8) is 0 Å². The Morgan fingerprint density at radius 1 is 1.20 bits per heavy atom. The quantitative estimate of drug-likeness (QED) is 0.828. The highest BCUT2D eigenvalue weighted by atomic mass is 32.2. The Kier molecular flexibility index (Phi) is 5.44. The number of hydrogen-bond donors (Lipinski definition) is 1. The molecule has 20 heavy (non-hydrogen) atoms. The summed E-state index contributed by atoms with van der Waals surface area (Å²) in [5.74, 6) is 0. The monoisotopic (exact) mass is 287 g/mol. The largest absolute Gasteiger partial charge is 0.366 e. The van der Waals surface area contributed by atoms with Gasteiger partial charge in [0.05, 0.1) is 12.2 Å². The van der Waals surface area contributed by atoms with Crippen LogP contribution in [0.4, 0.5) is 5.69 Å². The average molecular weight is 287 g/mol. The Balaban J connectivity index is 2.32. The number of aromatic nitrogens is 1. The Hall–Kier alpha value is -1.52. The second-order valence-corrected chi connectivity index (χ2v) is 5.35. The van der Waals surface area contributed by atoms with Gasteiger partial charge in [-0.1, -0.05) is 12.1 Å². The summed E-state index contributed by atoms with van der Waals surface area (Å²) < 4.78 is 0. The molecule has 0 aliphatic rings. The second-order valence-electron chi connectivity index (χ2n) is 4.50. The summed E-state index contributed by atoms with van der Waals surface area (Å²) in [5.41, 5.74) is 9.47. The molecule has 2 aromatic rings. The smallest absolute Gasteiger partial charge is 0.0602 e. The summed E-state index contributed by atoms with van der Waals surface area (Å²) in [7, 11) is 0. The van der Waals surface area contributed by atoms with Crippen molar-refractivity contribution in [1.82, 2.24) is 4.98 Å². The summed E-state index contributed by atoms with van der Waals surface area (Å²) in [6, 6.07) is 12.4. The van der Waals surface area contributed by atoms with Gasteiger partial charge in [-0.05, 0) is 37.4 Å². The molecule has 0 aliphatic carbocycles. The van der Waals surface area contributed by atoms with Gasteiger partial charge in [0.15, 0.2) is 0 Å². The molecule has 2 N–H and O–H groups in total. The maximum absolute atomic E-state index is 5.96. The van der Waals surface area contributed by atoms with E-state index in [1.54, 1.807) is 11.8 Å². The number of anilines is 1. The predicted octanol–water partition coefficient (Wildman–Crippen LogP) is 3.29. The third kappa shape index (κ3) is 3.32. The third-order valence-corrected chi connectivity index (χ3v) is 4.16. The number of benzene rings is 1. The van der Waals surface area contributed by atoms with Crippen LogP contribution in [0.25, 0.3) is 0 Å². The van der Waals surface area contributed by atoms with Crippen LogP contribution in [0.1, 0.15) is 18.2 Å². The summed E-state index contributed by atoms with van der Waals surface area (Å²) in [4.78, 5) is 7.99. The van der Waals surface area contributed by atoms with Crippen molar-refractivity contribution in [2.45, 2.75) is 24.9 Å². The van der Waals surface area contributed by atoms with Gasteiger partial charge in [0.1, 0.15) is 0 Å². The normalized spacial score (nSPS) is 10.6. The number of rotatable bonds is 6. The number of hydrogen-bond acceptors (Lipinski definition) is 4. The van der Waals surface area contributed by atoms with E-state index in [1.165, 1.54) is 16.1 Å². The Morgan fingerprint density at radius 3 is 2.65 bits per heavy atom. The lowest BCUT2D eigenvalue weighted by molar-refractivity contribution is 0.797. The molecule has 1 heterocycles. The summed E-state index contributed by atoms with van der Waals surface area (Å²) in [6.07, 6.45) is 3.93. The van der Waals surface area contributed by atoms with Gasteiger partial charge in [-0.2, -0.15) is 0 Å². The molecule has 0 fully saturated rings. The highest BCUT2D eigenvalue weighted by Gasteiger charge is 2.12. The molecule has 0 bridgehead atoms. The van der Waals surface area contributed by atoms with E-state index >= 15 is 0 Å². The standard InChI is InChI=1S/C16H21N3S/c1-3-19(12-13-7-4-5-10-18-13)15-8-6-9-16(20-2)14(15)11-17/h4-10H,3,11-12,17H2,1-2H3. The van der Waals surface area contributed by atoms with Gasteiger partial charge >= 0.3 is 0 Å². The fraction of sp³-hybridized carbons (Fsp3) is 0.312. The molecule has 2 rings (SSSR count). The lowest BCUT2D eigenvalue weighted by Crippen LogP contribution is -2.24. The van der Waals surface area contributed by atoms with Crippen molar-refractivity contribution >= 4 is 17.4 Å². The Morgan fingerprint density at radius 2 is 2.05 bits per heavy atom. The van der Waals surface area contributed by atoms with Gasteiger partial charge in [-0.15, -0.1) is 11.8 Å². The van der Waals surface area contributed by atoms with Crippen LogP contribution in [0.3, 0.4) is 0 Å². The van der Waals surface area contributed by atoms with E-state index < -0.39 is 0 Å². The van der Waals surface area contributed by atoms with E-state index in [0.29, 0.717) is 6.54 Å². The molecule has 0 aliphatic heterocycles. The van der Waals surface area contributed by atoms with Crippen LogP contribution in [0.15, 0.2) is 47.5 Å². The fourth-order valence-corrected chi connectivity index (χ4v) is 2.95. The SMILES string of the molecule is CCN(Cc1ccccn1)c1cccc(SC)c1CN. The molecule has 1 aromatic carbocycles. The van der Waals surface area contributed by atoms with Crippen LogP contribution in [0, 0.1) is 0 Å². The van der Waals surface area contributed by atoms with E-state index in [0.717, 1.165) is 18.8 Å². The van der Waals surface area contributed by atoms with Gasteiger partial charge in [-0.3, -0.25) is 4.98 Å². The van der Waals surface area contributed by atoms with Crippen LogP contribution >= 0.6 is 11.8 Å². The van der Waals surface area contributed by atoms with Crippen molar-refractivity contribution in [2.24, 2.45) is 5.73 Å². The zero-order chi connectivity index (χ0) is 14.4. The van der Waals surface area contributed by atoms with Crippen molar-refractivity contribution in [1.29, 1.82) is 0 Å². The third-order valence-electron chi connectivity index (χ3n) is 3.33. The minimum Gasteiger partial charge on any atom is -0.366 e. The highest BCUT2D eigenvalue weighted by molar-refractivity contribution is 7.98. The van der Waals surface area contributed by atoms with Gasteiger partial charge < -0.3 is 10.6 Å². The van der Waals surface area contributed by atoms with Crippen molar-refractivity contribution in [3.05, 3.63) is 53.9 Å². The molecule has 0 spiro atoms. The molecule has 4 heteroatoms. The van der Waals surface area contributed by atoms with Gasteiger partial charge in [0.25, 0.3) is 0 Å². The van der Waals surface area contributed by atoms with Crippen molar-refractivity contribution in [3.8, 4) is 0 Å². The molecule has 0 unspecified atom stereocenters. The topological polar surface area (TPSA) is 42.2 Å². The molecule has 1 aromatic heterocycles. The molecule has 0 atom stereocenters. The number of thioether (sulfide) groups is 1. The summed E-state index contributed by atoms with van der Waals surface area (Å²) in [5, 5.41) is 0. The maximum atomic E-state index is 5.96. The summed E-state index contributed by atoms with van der Waals surface area (Å²) >= 11 is 1.75. The zero-order valence-corrected chi connectivity index (χ0v) is 12.9. The molecular weight excluding hydrogens is 266 g/mol. The highest BCUT2D eigenvalue weighted by Crippen LogP contribution is 2.30. The first-order chi connectivity index (χ1) is 9.80. The lowest BCUT2D eigenvalue weighted by atomic mass is 10.1. The van der Waals surface area contributed by atoms with Crippen molar-refractivity contribution < 1.29 is 0 Å². The van der Waals surface area contributed by atoms with E-state index in [2.05, 4.69) is 47.3 Å². The van der Waals surface area contributed by atoms with Crippen LogP contribution in [0.2, 0.25) is 0 Å². The molecule has 106 valence electrons. The first-order valence-electron chi connectivity index (χ1n) is 6.81. The van der Waals surface area contributed by atoms with E-state index in [1.807, 2.05) is 18.3 Å². The first kappa shape index (κ1) is 14.9. The van der Waals surface area contributed by atoms with Crippen LogP contribution < -0.4 is 10.6 Å².